The molecule has 0 aliphatic rings. The zero-order chi connectivity index (χ0) is 10.7. The molecule has 5 nitrogen and oxygen atoms in total. The van der Waals surface area contributed by atoms with Crippen molar-refractivity contribution in [3.8, 4) is 5.88 Å². The van der Waals surface area contributed by atoms with Crippen LogP contribution in [0.1, 0.15) is 0 Å². The highest BCUT2D eigenvalue weighted by Gasteiger charge is 2.07. The second kappa shape index (κ2) is 4.63. The Hall–Kier alpha value is -1.08. The van der Waals surface area contributed by atoms with E-state index in [1.54, 1.807) is 25.7 Å². The molecule has 2 heterocycles. The summed E-state index contributed by atoms with van der Waals surface area (Å²) in [5.41, 5.74) is 0. The van der Waals surface area contributed by atoms with Crippen molar-refractivity contribution in [2.24, 2.45) is 0 Å². The molecule has 0 spiro atoms. The second-order valence-electron chi connectivity index (χ2n) is 2.51. The van der Waals surface area contributed by atoms with Crippen molar-refractivity contribution in [2.75, 3.05) is 7.11 Å². The Kier molecular flexibility index (Phi) is 3.22. The lowest BCUT2D eigenvalue weighted by molar-refractivity contribution is 0.389. The molecule has 2 rings (SSSR count). The zero-order valence-corrected chi connectivity index (χ0v) is 10.2. The van der Waals surface area contributed by atoms with Crippen molar-refractivity contribution in [1.29, 1.82) is 0 Å². The first-order chi connectivity index (χ1) is 7.29. The molecule has 0 amide bonds. The quantitative estimate of drug-likeness (QED) is 0.876. The lowest BCUT2D eigenvalue weighted by atomic mass is 10.6. The van der Waals surface area contributed by atoms with Crippen molar-refractivity contribution < 1.29 is 4.74 Å². The average molecular weight is 287 g/mol. The maximum absolute atomic E-state index is 5.06. The largest absolute Gasteiger partial charge is 0.480 e. The summed E-state index contributed by atoms with van der Waals surface area (Å²) in [6.07, 6.45) is 5.08. The third kappa shape index (κ3) is 2.48. The third-order valence-electron chi connectivity index (χ3n) is 1.54. The molecule has 2 aromatic rings. The Morgan fingerprint density at radius 2 is 2.33 bits per heavy atom. The van der Waals surface area contributed by atoms with E-state index in [2.05, 4.69) is 35.9 Å². The lowest BCUT2D eigenvalue weighted by Crippen LogP contribution is -1.93. The lowest BCUT2D eigenvalue weighted by Gasteiger charge is -2.02. The molecule has 0 aliphatic heterocycles. The molecule has 0 atom stereocenters. The van der Waals surface area contributed by atoms with Gasteiger partial charge in [0.2, 0.25) is 5.88 Å². The fraction of sp³-hybridized carbons (Fsp3) is 0.125. The Balaban J connectivity index is 2.22. The van der Waals surface area contributed by atoms with E-state index in [0.717, 1.165) is 9.63 Å². The molecular formula is C8H7BrN4OS. The van der Waals surface area contributed by atoms with Crippen LogP contribution >= 0.6 is 27.7 Å². The first-order valence-electron chi connectivity index (χ1n) is 4.03. The van der Waals surface area contributed by atoms with Gasteiger partial charge in [-0.2, -0.15) is 4.98 Å². The van der Waals surface area contributed by atoms with Crippen molar-refractivity contribution in [1.82, 2.24) is 19.9 Å². The van der Waals surface area contributed by atoms with Crippen molar-refractivity contribution in [2.45, 2.75) is 10.3 Å². The summed E-state index contributed by atoms with van der Waals surface area (Å²) >= 11 is 4.63. The minimum absolute atomic E-state index is 0.513. The number of aromatic amines is 1. The Morgan fingerprint density at radius 1 is 1.47 bits per heavy atom. The zero-order valence-electron chi connectivity index (χ0n) is 7.77. The topological polar surface area (TPSA) is 63.7 Å². The van der Waals surface area contributed by atoms with Crippen LogP contribution in [0.25, 0.3) is 0 Å². The van der Waals surface area contributed by atoms with Crippen LogP contribution < -0.4 is 4.74 Å². The van der Waals surface area contributed by atoms with E-state index < -0.39 is 0 Å². The average Bonchev–Trinajstić information content (AvgIpc) is 2.73. The third-order valence-corrected chi connectivity index (χ3v) is 2.88. The molecule has 15 heavy (non-hydrogen) atoms. The molecule has 0 aliphatic carbocycles. The number of methoxy groups -OCH3 is 1. The molecule has 0 aromatic carbocycles. The van der Waals surface area contributed by atoms with Crippen LogP contribution in [0.3, 0.4) is 0 Å². The summed E-state index contributed by atoms with van der Waals surface area (Å²) < 4.78 is 5.79. The number of halogens is 1. The summed E-state index contributed by atoms with van der Waals surface area (Å²) in [4.78, 5) is 15.3. The number of nitrogens with zero attached hydrogens (tertiary/aromatic N) is 3. The fourth-order valence-corrected chi connectivity index (χ4v) is 1.92. The summed E-state index contributed by atoms with van der Waals surface area (Å²) in [6, 6.07) is 0. The molecule has 0 fully saturated rings. The Bertz CT molecular complexity index is 448. The smallest absolute Gasteiger partial charge is 0.231 e. The molecule has 0 bridgehead atoms. The number of rotatable bonds is 3. The molecule has 7 heteroatoms. The molecule has 0 saturated heterocycles. The highest BCUT2D eigenvalue weighted by molar-refractivity contribution is 9.10. The van der Waals surface area contributed by atoms with Gasteiger partial charge >= 0.3 is 0 Å². The van der Waals surface area contributed by atoms with Crippen molar-refractivity contribution in [3.63, 3.8) is 0 Å². The number of hydrogen-bond acceptors (Lipinski definition) is 5. The SMILES string of the molecule is COc1nc(Sc2ncc[nH]2)ncc1Br. The normalized spacial score (nSPS) is 10.3. The van der Waals surface area contributed by atoms with E-state index in [9.17, 15) is 0 Å². The van der Waals surface area contributed by atoms with Gasteiger partial charge in [-0.25, -0.2) is 9.97 Å². The van der Waals surface area contributed by atoms with E-state index >= 15 is 0 Å². The monoisotopic (exact) mass is 286 g/mol. The van der Waals surface area contributed by atoms with Gasteiger partial charge in [0.15, 0.2) is 10.3 Å². The predicted molar refractivity (Wildman–Crippen MR) is 59.0 cm³/mol. The molecule has 1 N–H and O–H groups in total. The molecule has 0 radical (unpaired) electrons. The molecule has 78 valence electrons. The number of H-pyrrole nitrogens is 1. The maximum Gasteiger partial charge on any atom is 0.231 e. The van der Waals surface area contributed by atoms with Crippen molar-refractivity contribution >= 4 is 27.7 Å². The van der Waals surface area contributed by atoms with Crippen molar-refractivity contribution in [3.05, 3.63) is 23.1 Å². The number of aromatic nitrogens is 4. The van der Waals surface area contributed by atoms with Crippen LogP contribution in [0.2, 0.25) is 0 Å². The van der Waals surface area contributed by atoms with E-state index in [1.807, 2.05) is 0 Å². The van der Waals surface area contributed by atoms with Gasteiger partial charge in [-0.05, 0) is 27.7 Å². The van der Waals surface area contributed by atoms with Crippen LogP contribution in [0.4, 0.5) is 0 Å². The molecule has 0 saturated carbocycles. The first kappa shape index (κ1) is 10.4. The van der Waals surface area contributed by atoms with Gasteiger partial charge in [0.05, 0.1) is 11.6 Å². The van der Waals surface area contributed by atoms with E-state index in [0.29, 0.717) is 11.0 Å². The fourth-order valence-electron chi connectivity index (χ4n) is 0.922. The highest BCUT2D eigenvalue weighted by atomic mass is 79.9. The van der Waals surface area contributed by atoms with Gasteiger partial charge in [-0.1, -0.05) is 0 Å². The summed E-state index contributed by atoms with van der Waals surface area (Å²) in [6.45, 7) is 0. The van der Waals surface area contributed by atoms with Crippen LogP contribution in [-0.4, -0.2) is 27.0 Å². The Labute approximate surface area is 98.8 Å². The summed E-state index contributed by atoms with van der Waals surface area (Å²) in [5.74, 6) is 0.513. The molecule has 2 aromatic heterocycles. The number of imidazole rings is 1. The second-order valence-corrected chi connectivity index (χ2v) is 4.32. The summed E-state index contributed by atoms with van der Waals surface area (Å²) in [7, 11) is 1.56. The van der Waals surface area contributed by atoms with Gasteiger partial charge in [-0.15, -0.1) is 0 Å². The highest BCUT2D eigenvalue weighted by Crippen LogP contribution is 2.26. The summed E-state index contributed by atoms with van der Waals surface area (Å²) in [5, 5.41) is 1.34. The van der Waals surface area contributed by atoms with E-state index in [-0.39, 0.29) is 0 Å². The van der Waals surface area contributed by atoms with Crippen LogP contribution in [0.5, 0.6) is 5.88 Å². The minimum Gasteiger partial charge on any atom is -0.480 e. The Morgan fingerprint density at radius 3 is 3.00 bits per heavy atom. The molecule has 0 unspecified atom stereocenters. The van der Waals surface area contributed by atoms with Crippen LogP contribution in [-0.2, 0) is 0 Å². The van der Waals surface area contributed by atoms with E-state index in [4.69, 9.17) is 4.74 Å². The standard InChI is InChI=1S/C8H7BrN4OS/c1-14-6-5(9)4-12-8(13-6)15-7-10-2-3-11-7/h2-4H,1H3,(H,10,11). The van der Waals surface area contributed by atoms with Crippen LogP contribution in [0.15, 0.2) is 33.4 Å². The van der Waals surface area contributed by atoms with Crippen LogP contribution in [0, 0.1) is 0 Å². The number of ether oxygens (including phenoxy) is 1. The van der Waals surface area contributed by atoms with Gasteiger partial charge in [0.1, 0.15) is 0 Å². The van der Waals surface area contributed by atoms with E-state index in [1.165, 1.54) is 11.8 Å². The molecular weight excluding hydrogens is 280 g/mol. The van der Waals surface area contributed by atoms with Gasteiger partial charge in [0.25, 0.3) is 0 Å². The first-order valence-corrected chi connectivity index (χ1v) is 5.64. The number of hydrogen-bond donors (Lipinski definition) is 1. The van der Waals surface area contributed by atoms with Gasteiger partial charge < -0.3 is 9.72 Å². The minimum atomic E-state index is 0.513. The van der Waals surface area contributed by atoms with Gasteiger partial charge in [-0.3, -0.25) is 0 Å². The predicted octanol–water partition coefficient (Wildman–Crippen LogP) is 2.12. The van der Waals surface area contributed by atoms with Gasteiger partial charge in [0, 0.05) is 18.6 Å². The number of nitrogens with one attached hydrogen (secondary N) is 1. The maximum atomic E-state index is 5.06.